The quantitative estimate of drug-likeness (QED) is 0.934. The Morgan fingerprint density at radius 3 is 2.83 bits per heavy atom. The number of nitrogens with zero attached hydrogens (tertiary/aromatic N) is 4. The van der Waals surface area contributed by atoms with Crippen molar-refractivity contribution in [2.45, 2.75) is 25.4 Å². The summed E-state index contributed by atoms with van der Waals surface area (Å²) >= 11 is 5.95. The molecule has 5 nitrogen and oxygen atoms in total. The van der Waals surface area contributed by atoms with E-state index in [1.54, 1.807) is 12.3 Å². The van der Waals surface area contributed by atoms with Gasteiger partial charge < -0.3 is 5.32 Å². The first kappa shape index (κ1) is 15.7. The summed E-state index contributed by atoms with van der Waals surface area (Å²) in [5.74, 6) is 0.829. The zero-order valence-corrected chi connectivity index (χ0v) is 13.5. The molecule has 2 heterocycles. The normalized spacial score (nSPS) is 16.0. The average Bonchev–Trinajstić information content (AvgIpc) is 2.59. The lowest BCUT2D eigenvalue weighted by atomic mass is 10.0. The average molecular weight is 328 g/mol. The molecule has 1 fully saturated rings. The van der Waals surface area contributed by atoms with E-state index in [-0.39, 0.29) is 0 Å². The molecule has 1 aromatic heterocycles. The minimum absolute atomic E-state index is 0.420. The summed E-state index contributed by atoms with van der Waals surface area (Å²) < 4.78 is 0. The molecule has 0 amide bonds. The van der Waals surface area contributed by atoms with Crippen LogP contribution in [0.5, 0.6) is 0 Å². The highest BCUT2D eigenvalue weighted by atomic mass is 35.5. The van der Waals surface area contributed by atoms with Crippen LogP contribution in [0.4, 0.5) is 5.82 Å². The molecular formula is C17H18ClN5. The zero-order valence-electron chi connectivity index (χ0n) is 12.7. The van der Waals surface area contributed by atoms with Crippen molar-refractivity contribution in [3.05, 3.63) is 52.7 Å². The van der Waals surface area contributed by atoms with E-state index in [0.717, 1.165) is 43.9 Å². The lowest BCUT2D eigenvalue weighted by molar-refractivity contribution is 0.211. The van der Waals surface area contributed by atoms with E-state index in [1.807, 2.05) is 24.3 Å². The van der Waals surface area contributed by atoms with Crippen molar-refractivity contribution >= 4 is 17.4 Å². The number of rotatable bonds is 4. The summed E-state index contributed by atoms with van der Waals surface area (Å²) in [5, 5.41) is 21.2. The highest BCUT2D eigenvalue weighted by molar-refractivity contribution is 6.30. The van der Waals surface area contributed by atoms with E-state index in [9.17, 15) is 5.26 Å². The highest BCUT2D eigenvalue weighted by Crippen LogP contribution is 2.20. The molecule has 2 aromatic rings. The summed E-state index contributed by atoms with van der Waals surface area (Å²) in [4.78, 5) is 2.37. The first-order valence-electron chi connectivity index (χ1n) is 7.70. The monoisotopic (exact) mass is 327 g/mol. The number of anilines is 1. The smallest absolute Gasteiger partial charge is 0.148 e. The van der Waals surface area contributed by atoms with Gasteiger partial charge in [0.05, 0.1) is 11.6 Å². The van der Waals surface area contributed by atoms with Gasteiger partial charge in [-0.2, -0.15) is 10.4 Å². The van der Waals surface area contributed by atoms with Gasteiger partial charge in [0.1, 0.15) is 5.82 Å². The number of likely N-dealkylation sites (tertiary alicyclic amines) is 1. The van der Waals surface area contributed by atoms with Crippen LogP contribution in [0.25, 0.3) is 0 Å². The van der Waals surface area contributed by atoms with Crippen LogP contribution in [0.1, 0.15) is 24.0 Å². The highest BCUT2D eigenvalue weighted by Gasteiger charge is 2.20. The van der Waals surface area contributed by atoms with Crippen molar-refractivity contribution in [1.82, 2.24) is 15.1 Å². The summed E-state index contributed by atoms with van der Waals surface area (Å²) in [6.07, 6.45) is 3.77. The van der Waals surface area contributed by atoms with Crippen molar-refractivity contribution in [3.63, 3.8) is 0 Å². The Morgan fingerprint density at radius 1 is 1.30 bits per heavy atom. The second-order valence-electron chi connectivity index (χ2n) is 5.72. The molecular weight excluding hydrogens is 310 g/mol. The fourth-order valence-corrected chi connectivity index (χ4v) is 3.03. The Morgan fingerprint density at radius 2 is 2.13 bits per heavy atom. The number of aromatic nitrogens is 2. The molecule has 0 radical (unpaired) electrons. The van der Waals surface area contributed by atoms with Gasteiger partial charge in [-0.05, 0) is 42.7 Å². The molecule has 3 rings (SSSR count). The van der Waals surface area contributed by atoms with Crippen LogP contribution in [0.15, 0.2) is 36.5 Å². The first-order valence-corrected chi connectivity index (χ1v) is 8.07. The fourth-order valence-electron chi connectivity index (χ4n) is 2.85. The maximum atomic E-state index is 9.23. The Kier molecular flexibility index (Phi) is 5.06. The molecule has 1 aliphatic heterocycles. The number of piperidine rings is 1. The van der Waals surface area contributed by atoms with Gasteiger partial charge in [0.2, 0.25) is 0 Å². The predicted molar refractivity (Wildman–Crippen MR) is 90.1 cm³/mol. The lowest BCUT2D eigenvalue weighted by Gasteiger charge is -2.32. The molecule has 0 bridgehead atoms. The van der Waals surface area contributed by atoms with Crippen molar-refractivity contribution < 1.29 is 0 Å². The Bertz CT molecular complexity index is 690. The SMILES string of the molecule is N#Cc1cc(Cl)ccc1CN1CCC(Nc2cccnn2)CC1. The summed E-state index contributed by atoms with van der Waals surface area (Å²) in [6, 6.07) is 12.0. The van der Waals surface area contributed by atoms with Crippen molar-refractivity contribution in [2.75, 3.05) is 18.4 Å². The first-order chi connectivity index (χ1) is 11.2. The van der Waals surface area contributed by atoms with Gasteiger partial charge in [0.25, 0.3) is 0 Å². The predicted octanol–water partition coefficient (Wildman–Crippen LogP) is 3.08. The van der Waals surface area contributed by atoms with Gasteiger partial charge in [-0.1, -0.05) is 17.7 Å². The van der Waals surface area contributed by atoms with Gasteiger partial charge in [-0.3, -0.25) is 4.90 Å². The van der Waals surface area contributed by atoms with Crippen LogP contribution >= 0.6 is 11.6 Å². The molecule has 0 spiro atoms. The zero-order chi connectivity index (χ0) is 16.1. The maximum Gasteiger partial charge on any atom is 0.148 e. The Labute approximate surface area is 140 Å². The molecule has 0 saturated carbocycles. The summed E-state index contributed by atoms with van der Waals surface area (Å²) in [6.45, 7) is 2.77. The van der Waals surface area contributed by atoms with Gasteiger partial charge in [-0.15, -0.1) is 5.10 Å². The molecule has 0 unspecified atom stereocenters. The number of hydrogen-bond acceptors (Lipinski definition) is 5. The van der Waals surface area contributed by atoms with Crippen molar-refractivity contribution in [1.29, 1.82) is 5.26 Å². The summed E-state index contributed by atoms with van der Waals surface area (Å²) in [7, 11) is 0. The Hall–Kier alpha value is -2.16. The number of benzene rings is 1. The summed E-state index contributed by atoms with van der Waals surface area (Å²) in [5.41, 5.74) is 1.70. The van der Waals surface area contributed by atoms with E-state index >= 15 is 0 Å². The molecule has 0 atom stereocenters. The van der Waals surface area contributed by atoms with Crippen LogP contribution in [0.3, 0.4) is 0 Å². The molecule has 1 saturated heterocycles. The van der Waals surface area contributed by atoms with E-state index in [0.29, 0.717) is 16.6 Å². The minimum Gasteiger partial charge on any atom is -0.366 e. The van der Waals surface area contributed by atoms with E-state index < -0.39 is 0 Å². The lowest BCUT2D eigenvalue weighted by Crippen LogP contribution is -2.38. The van der Waals surface area contributed by atoms with Crippen LogP contribution in [-0.2, 0) is 6.54 Å². The Balaban J connectivity index is 1.54. The molecule has 1 N–H and O–H groups in total. The third kappa shape index (κ3) is 4.19. The third-order valence-corrected chi connectivity index (χ3v) is 4.33. The van der Waals surface area contributed by atoms with Crippen LogP contribution in [-0.4, -0.2) is 34.2 Å². The van der Waals surface area contributed by atoms with Gasteiger partial charge >= 0.3 is 0 Å². The van der Waals surface area contributed by atoms with Crippen LogP contribution in [0.2, 0.25) is 5.02 Å². The number of nitriles is 1. The van der Waals surface area contributed by atoms with E-state index in [2.05, 4.69) is 26.5 Å². The van der Waals surface area contributed by atoms with Crippen LogP contribution in [0, 0.1) is 11.3 Å². The van der Waals surface area contributed by atoms with Gasteiger partial charge in [0.15, 0.2) is 0 Å². The number of halogens is 1. The molecule has 1 aliphatic rings. The fraction of sp³-hybridized carbons (Fsp3) is 0.353. The van der Waals surface area contributed by atoms with Gasteiger partial charge in [0, 0.05) is 36.9 Å². The van der Waals surface area contributed by atoms with Gasteiger partial charge in [-0.25, -0.2) is 0 Å². The molecule has 1 aromatic carbocycles. The number of hydrogen-bond donors (Lipinski definition) is 1. The number of nitrogens with one attached hydrogen (secondary N) is 1. The topological polar surface area (TPSA) is 64.8 Å². The van der Waals surface area contributed by atoms with E-state index in [4.69, 9.17) is 11.6 Å². The molecule has 0 aliphatic carbocycles. The second-order valence-corrected chi connectivity index (χ2v) is 6.15. The van der Waals surface area contributed by atoms with Crippen molar-refractivity contribution in [2.24, 2.45) is 0 Å². The van der Waals surface area contributed by atoms with Crippen LogP contribution < -0.4 is 5.32 Å². The molecule has 6 heteroatoms. The maximum absolute atomic E-state index is 9.23. The standard InChI is InChI=1S/C17H18ClN5/c18-15-4-3-13(14(10-15)11-19)12-23-8-5-16(6-9-23)21-17-2-1-7-20-22-17/h1-4,7,10,16H,5-6,8-9,12H2,(H,21,22). The largest absolute Gasteiger partial charge is 0.366 e. The third-order valence-electron chi connectivity index (χ3n) is 4.10. The van der Waals surface area contributed by atoms with Crippen molar-refractivity contribution in [3.8, 4) is 6.07 Å². The second kappa shape index (κ2) is 7.40. The van der Waals surface area contributed by atoms with E-state index in [1.165, 1.54) is 0 Å². The molecule has 23 heavy (non-hydrogen) atoms. The minimum atomic E-state index is 0.420. The molecule has 118 valence electrons.